The second-order valence-electron chi connectivity index (χ2n) is 11.9. The van der Waals surface area contributed by atoms with Crippen LogP contribution in [0.5, 0.6) is 0 Å². The zero-order valence-electron chi connectivity index (χ0n) is 25.5. The fraction of sp³-hybridized carbons (Fsp3) is 0.333. The molecule has 0 bridgehead atoms. The highest BCUT2D eigenvalue weighted by atomic mass is 16.7. The first-order valence-corrected chi connectivity index (χ1v) is 15.5. The average molecular weight is 609 g/mol. The van der Waals surface area contributed by atoms with Gasteiger partial charge < -0.3 is 25.2 Å². The number of rotatable bonds is 9. The number of non-ortho nitro benzene ring substituents is 1. The van der Waals surface area contributed by atoms with Crippen LogP contribution >= 0.6 is 0 Å². The summed E-state index contributed by atoms with van der Waals surface area (Å²) in [5.74, 6) is 0.0818. The molecule has 0 aromatic heterocycles. The molecule has 2 aliphatic heterocycles. The number of aliphatic hydroxyl groups excluding tert-OH is 1. The summed E-state index contributed by atoms with van der Waals surface area (Å²) in [4.78, 5) is 15.4. The maximum Gasteiger partial charge on any atom is 0.269 e. The Labute approximate surface area is 264 Å². The number of nitro benzene ring substituents is 1. The topological polar surface area (TPSA) is 114 Å². The van der Waals surface area contributed by atoms with E-state index in [4.69, 9.17) is 15.2 Å². The highest BCUT2D eigenvalue weighted by Crippen LogP contribution is 2.42. The summed E-state index contributed by atoms with van der Waals surface area (Å²) in [5.41, 5.74) is 13.2. The van der Waals surface area contributed by atoms with Crippen molar-refractivity contribution in [1.29, 1.82) is 0 Å². The summed E-state index contributed by atoms with van der Waals surface area (Å²) in [6, 6.07) is 31.4. The van der Waals surface area contributed by atoms with E-state index in [1.165, 1.54) is 0 Å². The predicted molar refractivity (Wildman–Crippen MR) is 174 cm³/mol. The van der Waals surface area contributed by atoms with Gasteiger partial charge in [-0.25, -0.2) is 0 Å². The van der Waals surface area contributed by atoms with Crippen LogP contribution in [0.1, 0.15) is 41.6 Å². The van der Waals surface area contributed by atoms with E-state index in [9.17, 15) is 15.2 Å². The Hall–Kier alpha value is -4.12. The predicted octanol–water partition coefficient (Wildman–Crippen LogP) is 5.83. The number of nitro groups is 1. The highest BCUT2D eigenvalue weighted by Gasteiger charge is 2.39. The van der Waals surface area contributed by atoms with Crippen molar-refractivity contribution in [2.75, 3.05) is 37.6 Å². The molecule has 4 aromatic carbocycles. The van der Waals surface area contributed by atoms with Crippen molar-refractivity contribution in [2.45, 2.75) is 38.6 Å². The Balaban J connectivity index is 1.20. The molecule has 0 spiro atoms. The molecule has 45 heavy (non-hydrogen) atoms. The third-order valence-corrected chi connectivity index (χ3v) is 9.01. The second kappa shape index (κ2) is 13.9. The van der Waals surface area contributed by atoms with E-state index in [2.05, 4.69) is 47.1 Å². The van der Waals surface area contributed by atoms with Crippen LogP contribution in [0, 0.1) is 16.0 Å². The van der Waals surface area contributed by atoms with Gasteiger partial charge in [0, 0.05) is 68.6 Å². The molecule has 2 fully saturated rings. The van der Waals surface area contributed by atoms with Crippen LogP contribution in [0.4, 0.5) is 11.4 Å². The minimum atomic E-state index is -0.548. The van der Waals surface area contributed by atoms with E-state index < -0.39 is 6.29 Å². The molecule has 4 aromatic rings. The van der Waals surface area contributed by atoms with Crippen LogP contribution in [-0.2, 0) is 22.6 Å². The van der Waals surface area contributed by atoms with Crippen LogP contribution in [0.2, 0.25) is 0 Å². The minimum Gasteiger partial charge on any atom is -0.392 e. The monoisotopic (exact) mass is 608 g/mol. The smallest absolute Gasteiger partial charge is 0.269 e. The Morgan fingerprint density at radius 1 is 0.844 bits per heavy atom. The van der Waals surface area contributed by atoms with Gasteiger partial charge in [0.15, 0.2) is 6.29 Å². The largest absolute Gasteiger partial charge is 0.392 e. The number of hydrogen-bond acceptors (Lipinski definition) is 8. The first kappa shape index (κ1) is 30.9. The highest BCUT2D eigenvalue weighted by molar-refractivity contribution is 5.65. The number of anilines is 1. The summed E-state index contributed by atoms with van der Waals surface area (Å²) < 4.78 is 13.5. The van der Waals surface area contributed by atoms with Gasteiger partial charge in [-0.1, -0.05) is 67.6 Å². The lowest BCUT2D eigenvalue weighted by Gasteiger charge is -2.44. The van der Waals surface area contributed by atoms with Crippen molar-refractivity contribution < 1.29 is 19.5 Å². The van der Waals surface area contributed by atoms with Crippen molar-refractivity contribution in [3.8, 4) is 11.1 Å². The number of ether oxygens (including phenoxy) is 2. The second-order valence-corrected chi connectivity index (χ2v) is 11.9. The summed E-state index contributed by atoms with van der Waals surface area (Å²) >= 11 is 0. The van der Waals surface area contributed by atoms with Crippen LogP contribution in [0.25, 0.3) is 11.1 Å². The molecular formula is C36H40N4O5. The normalized spacial score (nSPS) is 22.3. The lowest BCUT2D eigenvalue weighted by molar-refractivity contribution is -0.384. The number of piperazine rings is 1. The van der Waals surface area contributed by atoms with Gasteiger partial charge in [-0.3, -0.25) is 15.0 Å². The SMILES string of the molecule is C[C@@H]1[C@H](CN2CCN(c3ccc([N+](=O)[O-])cc3)CC2)O[C@H](c2cccc(-c3cccc(CN)c3)c2)O[C@@H]1c1ccc(CO)cc1. The molecule has 234 valence electrons. The van der Waals surface area contributed by atoms with Crippen LogP contribution in [0.15, 0.2) is 97.1 Å². The molecule has 2 aliphatic rings. The lowest BCUT2D eigenvalue weighted by atomic mass is 9.89. The van der Waals surface area contributed by atoms with Crippen LogP contribution in [-0.4, -0.2) is 53.8 Å². The fourth-order valence-electron chi connectivity index (χ4n) is 6.30. The Bertz CT molecular complexity index is 1590. The van der Waals surface area contributed by atoms with Crippen molar-refractivity contribution in [1.82, 2.24) is 4.90 Å². The molecule has 0 radical (unpaired) electrons. The Morgan fingerprint density at radius 3 is 2.20 bits per heavy atom. The summed E-state index contributed by atoms with van der Waals surface area (Å²) in [6.45, 7) is 6.81. The van der Waals surface area contributed by atoms with E-state index in [1.54, 1.807) is 12.1 Å². The molecule has 0 aliphatic carbocycles. The zero-order chi connectivity index (χ0) is 31.3. The molecule has 0 amide bonds. The first-order valence-electron chi connectivity index (χ1n) is 15.5. The number of nitrogens with zero attached hydrogens (tertiary/aromatic N) is 3. The van der Waals surface area contributed by atoms with E-state index in [1.807, 2.05) is 54.6 Å². The maximum absolute atomic E-state index is 11.1. The van der Waals surface area contributed by atoms with Gasteiger partial charge in [0.05, 0.1) is 23.7 Å². The Morgan fingerprint density at radius 2 is 1.53 bits per heavy atom. The van der Waals surface area contributed by atoms with Gasteiger partial charge in [0.25, 0.3) is 5.69 Å². The molecule has 4 atom stereocenters. The van der Waals surface area contributed by atoms with Gasteiger partial charge in [0.2, 0.25) is 0 Å². The van der Waals surface area contributed by atoms with Crippen molar-refractivity contribution >= 4 is 11.4 Å². The van der Waals surface area contributed by atoms with Gasteiger partial charge in [-0.2, -0.15) is 0 Å². The van der Waals surface area contributed by atoms with Crippen molar-refractivity contribution in [2.24, 2.45) is 11.7 Å². The first-order chi connectivity index (χ1) is 21.9. The zero-order valence-corrected chi connectivity index (χ0v) is 25.5. The van der Waals surface area contributed by atoms with E-state index >= 15 is 0 Å². The van der Waals surface area contributed by atoms with E-state index in [-0.39, 0.29) is 35.3 Å². The van der Waals surface area contributed by atoms with E-state index in [0.717, 1.165) is 71.8 Å². The molecule has 0 saturated carbocycles. The maximum atomic E-state index is 11.1. The number of nitrogens with two attached hydrogens (primary N) is 1. The van der Waals surface area contributed by atoms with Gasteiger partial charge >= 0.3 is 0 Å². The molecule has 2 saturated heterocycles. The fourth-order valence-corrected chi connectivity index (χ4v) is 6.30. The standard InChI is InChI=1S/C36H40N4O5/c1-25-34(23-38-16-18-39(19-17-38)32-12-14-33(15-13-32)40(42)43)44-36(45-35(25)28-10-8-26(24-41)9-11-28)31-7-3-6-30(21-31)29-5-2-4-27(20-29)22-37/h2-15,20-21,25,34-36,41H,16-19,22-24,37H2,1H3/t25-,34+,35+,36+/m1/s1. The number of benzene rings is 4. The quantitative estimate of drug-likeness (QED) is 0.180. The molecule has 0 unspecified atom stereocenters. The molecule has 3 N–H and O–H groups in total. The van der Waals surface area contributed by atoms with Crippen LogP contribution < -0.4 is 10.6 Å². The Kier molecular flexibility index (Phi) is 9.53. The van der Waals surface area contributed by atoms with E-state index in [0.29, 0.717) is 6.54 Å². The molecule has 2 heterocycles. The third kappa shape index (κ3) is 7.08. The minimum absolute atomic E-state index is 0.000279. The van der Waals surface area contributed by atoms with Gasteiger partial charge in [-0.05, 0) is 52.1 Å². The average Bonchev–Trinajstić information content (AvgIpc) is 3.09. The third-order valence-electron chi connectivity index (χ3n) is 9.01. The molecule has 9 nitrogen and oxygen atoms in total. The molecule has 9 heteroatoms. The summed E-state index contributed by atoms with van der Waals surface area (Å²) in [6.07, 6.45) is -0.818. The van der Waals surface area contributed by atoms with Gasteiger partial charge in [0.1, 0.15) is 0 Å². The van der Waals surface area contributed by atoms with Crippen LogP contribution in [0.3, 0.4) is 0 Å². The van der Waals surface area contributed by atoms with Crippen molar-refractivity contribution in [3.63, 3.8) is 0 Å². The summed E-state index contributed by atoms with van der Waals surface area (Å²) in [7, 11) is 0. The lowest BCUT2D eigenvalue weighted by Crippen LogP contribution is -2.51. The molecule has 6 rings (SSSR count). The number of hydrogen-bond donors (Lipinski definition) is 2. The van der Waals surface area contributed by atoms with Crippen molar-refractivity contribution in [3.05, 3.63) is 129 Å². The molecular weight excluding hydrogens is 568 g/mol. The summed E-state index contributed by atoms with van der Waals surface area (Å²) in [5, 5.41) is 20.6. The number of aliphatic hydroxyl groups is 1. The van der Waals surface area contributed by atoms with Gasteiger partial charge in [-0.15, -0.1) is 0 Å².